The molecule has 0 aliphatic heterocycles. The number of methoxy groups -OCH3 is 1. The lowest BCUT2D eigenvalue weighted by atomic mass is 10.1. The van der Waals surface area contributed by atoms with E-state index in [1.54, 1.807) is 41.9 Å². The highest BCUT2D eigenvalue weighted by molar-refractivity contribution is 7.99. The predicted octanol–water partition coefficient (Wildman–Crippen LogP) is 4.52. The highest BCUT2D eigenvalue weighted by atomic mass is 32.2. The number of carbonyl (C=O) groups is 2. The van der Waals surface area contributed by atoms with Crippen LogP contribution in [0.4, 0.5) is 5.69 Å². The number of carbonyl (C=O) groups excluding carboxylic acids is 2. The molecule has 33 heavy (non-hydrogen) atoms. The molecule has 0 unspecified atom stereocenters. The first-order valence-corrected chi connectivity index (χ1v) is 11.8. The van der Waals surface area contributed by atoms with Gasteiger partial charge in [-0.2, -0.15) is 0 Å². The first-order chi connectivity index (χ1) is 16.1. The summed E-state index contributed by atoms with van der Waals surface area (Å²) >= 11 is 2.84. The van der Waals surface area contributed by atoms with Crippen LogP contribution >= 0.6 is 23.1 Å². The second-order valence-electron chi connectivity index (χ2n) is 7.02. The van der Waals surface area contributed by atoms with Crippen LogP contribution in [0.25, 0.3) is 27.0 Å². The lowest BCUT2D eigenvalue weighted by molar-refractivity contribution is -0.113. The molecule has 2 aromatic carbocycles. The number of thioether (sulfide) groups is 1. The summed E-state index contributed by atoms with van der Waals surface area (Å²) in [5, 5.41) is 15.1. The lowest BCUT2D eigenvalue weighted by Gasteiger charge is -2.06. The third-order valence-electron chi connectivity index (χ3n) is 4.96. The Morgan fingerprint density at radius 1 is 1.09 bits per heavy atom. The normalized spacial score (nSPS) is 11.1. The smallest absolute Gasteiger partial charge is 0.337 e. The number of hydrogen-bond acceptors (Lipinski definition) is 8. The molecule has 0 spiro atoms. The molecular weight excluding hydrogens is 458 g/mol. The van der Waals surface area contributed by atoms with Crippen LogP contribution in [0.3, 0.4) is 0 Å². The van der Waals surface area contributed by atoms with Crippen molar-refractivity contribution in [2.45, 2.75) is 5.16 Å². The Hall–Kier alpha value is -3.76. The molecule has 0 saturated carbocycles. The first kappa shape index (κ1) is 21.1. The Bertz CT molecular complexity index is 1460. The summed E-state index contributed by atoms with van der Waals surface area (Å²) in [5.74, 6) is -0.477. The molecule has 0 fully saturated rings. The minimum absolute atomic E-state index is 0.146. The van der Waals surface area contributed by atoms with E-state index in [-0.39, 0.29) is 11.7 Å². The average Bonchev–Trinajstić information content (AvgIpc) is 3.47. The van der Waals surface area contributed by atoms with E-state index in [1.165, 1.54) is 18.9 Å². The van der Waals surface area contributed by atoms with Gasteiger partial charge >= 0.3 is 5.97 Å². The Morgan fingerprint density at radius 2 is 1.88 bits per heavy atom. The molecule has 0 atom stereocenters. The van der Waals surface area contributed by atoms with Crippen molar-refractivity contribution in [1.29, 1.82) is 0 Å². The molecule has 0 aliphatic carbocycles. The maximum Gasteiger partial charge on any atom is 0.337 e. The number of aromatic nitrogens is 4. The van der Waals surface area contributed by atoms with E-state index in [1.807, 2.05) is 22.6 Å². The number of amides is 1. The highest BCUT2D eigenvalue weighted by Crippen LogP contribution is 2.35. The van der Waals surface area contributed by atoms with E-state index < -0.39 is 5.97 Å². The van der Waals surface area contributed by atoms with Crippen LogP contribution in [0.2, 0.25) is 0 Å². The zero-order valence-electron chi connectivity index (χ0n) is 17.4. The molecule has 5 aromatic rings. The van der Waals surface area contributed by atoms with Crippen LogP contribution < -0.4 is 5.32 Å². The van der Waals surface area contributed by atoms with Crippen LogP contribution in [-0.2, 0) is 9.53 Å². The zero-order chi connectivity index (χ0) is 22.8. The number of nitrogens with one attached hydrogen (secondary N) is 1. The fourth-order valence-corrected chi connectivity index (χ4v) is 5.00. The van der Waals surface area contributed by atoms with Crippen molar-refractivity contribution in [3.63, 3.8) is 0 Å². The molecule has 3 aromatic heterocycles. The number of ether oxygens (including phenoxy) is 1. The Morgan fingerprint density at radius 3 is 2.64 bits per heavy atom. The van der Waals surface area contributed by atoms with Gasteiger partial charge in [0.15, 0.2) is 10.8 Å². The Balaban J connectivity index is 1.33. The van der Waals surface area contributed by atoms with Crippen molar-refractivity contribution >= 4 is 56.5 Å². The summed E-state index contributed by atoms with van der Waals surface area (Å²) in [6.07, 6.45) is 1.69. The van der Waals surface area contributed by atoms with Gasteiger partial charge in [0.25, 0.3) is 0 Å². The van der Waals surface area contributed by atoms with E-state index in [9.17, 15) is 9.59 Å². The zero-order valence-corrected chi connectivity index (χ0v) is 19.0. The van der Waals surface area contributed by atoms with Gasteiger partial charge in [0.05, 0.1) is 23.8 Å². The molecule has 0 bridgehead atoms. The number of thiophene rings is 1. The summed E-state index contributed by atoms with van der Waals surface area (Å²) in [4.78, 5) is 29.4. The molecule has 3 heterocycles. The van der Waals surface area contributed by atoms with E-state index in [4.69, 9.17) is 0 Å². The predicted molar refractivity (Wildman–Crippen MR) is 129 cm³/mol. The topological polar surface area (TPSA) is 98.5 Å². The number of fused-ring (bicyclic) bond motifs is 3. The standard InChI is InChI=1S/C23H17N5O3S2/c1-31-22(30)15-7-9-16(10-8-15)25-18(29)12-33-23-27-26-20-19-17(14-5-3-2-4-6-14)11-32-21(19)24-13-28(20)23/h2-11,13H,12H2,1H3,(H,25,29). The largest absolute Gasteiger partial charge is 0.465 e. The molecule has 1 amide bonds. The van der Waals surface area contributed by atoms with Crippen molar-refractivity contribution in [3.8, 4) is 11.1 Å². The van der Waals surface area contributed by atoms with E-state index in [2.05, 4.69) is 42.7 Å². The quantitative estimate of drug-likeness (QED) is 0.285. The van der Waals surface area contributed by atoms with Crippen LogP contribution in [0.15, 0.2) is 71.5 Å². The fraction of sp³-hybridized carbons (Fsp3) is 0.0870. The monoisotopic (exact) mass is 475 g/mol. The molecule has 0 aliphatic rings. The molecule has 0 saturated heterocycles. The molecule has 8 nitrogen and oxygen atoms in total. The van der Waals surface area contributed by atoms with Gasteiger partial charge in [-0.15, -0.1) is 21.5 Å². The SMILES string of the molecule is COC(=O)c1ccc(NC(=O)CSc2nnc3c4c(-c5ccccc5)csc4ncn23)cc1. The van der Waals surface area contributed by atoms with Crippen molar-refractivity contribution in [1.82, 2.24) is 19.6 Å². The van der Waals surface area contributed by atoms with Gasteiger partial charge in [-0.05, 0) is 29.8 Å². The summed E-state index contributed by atoms with van der Waals surface area (Å²) in [6, 6.07) is 16.6. The molecule has 1 N–H and O–H groups in total. The number of benzene rings is 2. The molecule has 0 radical (unpaired) electrons. The maximum absolute atomic E-state index is 12.4. The average molecular weight is 476 g/mol. The van der Waals surface area contributed by atoms with Crippen molar-refractivity contribution in [3.05, 3.63) is 71.9 Å². The summed E-state index contributed by atoms with van der Waals surface area (Å²) in [5.41, 5.74) is 3.87. The number of hydrogen-bond donors (Lipinski definition) is 1. The second kappa shape index (κ2) is 9.00. The van der Waals surface area contributed by atoms with Gasteiger partial charge in [0.1, 0.15) is 11.2 Å². The van der Waals surface area contributed by atoms with Gasteiger partial charge in [0, 0.05) is 16.6 Å². The maximum atomic E-state index is 12.4. The number of esters is 1. The van der Waals surface area contributed by atoms with Crippen LogP contribution in [-0.4, -0.2) is 44.3 Å². The van der Waals surface area contributed by atoms with Gasteiger partial charge in [-0.1, -0.05) is 42.1 Å². The van der Waals surface area contributed by atoms with Gasteiger partial charge < -0.3 is 10.1 Å². The second-order valence-corrected chi connectivity index (χ2v) is 8.82. The molecule has 164 valence electrons. The van der Waals surface area contributed by atoms with Crippen LogP contribution in [0, 0.1) is 0 Å². The Kier molecular flexibility index (Phi) is 5.76. The number of rotatable bonds is 6. The van der Waals surface area contributed by atoms with E-state index >= 15 is 0 Å². The minimum Gasteiger partial charge on any atom is -0.465 e. The van der Waals surface area contributed by atoms with Crippen LogP contribution in [0.5, 0.6) is 0 Å². The van der Waals surface area contributed by atoms with Crippen molar-refractivity contribution in [2.24, 2.45) is 0 Å². The van der Waals surface area contributed by atoms with E-state index in [0.29, 0.717) is 22.1 Å². The molecular formula is C23H17N5O3S2. The highest BCUT2D eigenvalue weighted by Gasteiger charge is 2.17. The first-order valence-electron chi connectivity index (χ1n) is 9.91. The van der Waals surface area contributed by atoms with E-state index in [0.717, 1.165) is 21.3 Å². The Labute approximate surface area is 196 Å². The number of nitrogens with zero attached hydrogens (tertiary/aromatic N) is 4. The van der Waals surface area contributed by atoms with Crippen molar-refractivity contribution in [2.75, 3.05) is 18.2 Å². The van der Waals surface area contributed by atoms with Gasteiger partial charge in [0.2, 0.25) is 5.91 Å². The fourth-order valence-electron chi connectivity index (χ4n) is 3.38. The summed E-state index contributed by atoms with van der Waals surface area (Å²) < 4.78 is 6.49. The molecule has 5 rings (SSSR count). The summed E-state index contributed by atoms with van der Waals surface area (Å²) in [6.45, 7) is 0. The number of anilines is 1. The van der Waals surface area contributed by atoms with Crippen molar-refractivity contribution < 1.29 is 14.3 Å². The third kappa shape index (κ3) is 4.18. The third-order valence-corrected chi connectivity index (χ3v) is 6.79. The minimum atomic E-state index is -0.425. The lowest BCUT2D eigenvalue weighted by Crippen LogP contribution is -2.14. The van der Waals surface area contributed by atoms with Crippen LogP contribution in [0.1, 0.15) is 10.4 Å². The van der Waals surface area contributed by atoms with Gasteiger partial charge in [-0.25, -0.2) is 9.78 Å². The summed E-state index contributed by atoms with van der Waals surface area (Å²) in [7, 11) is 1.32. The molecule has 10 heteroatoms. The van der Waals surface area contributed by atoms with Gasteiger partial charge in [-0.3, -0.25) is 9.20 Å².